The van der Waals surface area contributed by atoms with Crippen molar-refractivity contribution in [2.45, 2.75) is 5.75 Å². The van der Waals surface area contributed by atoms with Crippen LogP contribution in [0.2, 0.25) is 0 Å². The maximum absolute atomic E-state index is 12.4. The van der Waals surface area contributed by atoms with Gasteiger partial charge in [0.05, 0.1) is 24.7 Å². The topological polar surface area (TPSA) is 94.6 Å². The Morgan fingerprint density at radius 2 is 1.69 bits per heavy atom. The second kappa shape index (κ2) is 8.74. The van der Waals surface area contributed by atoms with Crippen LogP contribution in [-0.4, -0.2) is 32.7 Å². The number of hydrogen-bond donors (Lipinski definition) is 1. The van der Waals surface area contributed by atoms with Crippen molar-refractivity contribution >= 4 is 21.4 Å². The van der Waals surface area contributed by atoms with Crippen molar-refractivity contribution in [2.75, 3.05) is 18.7 Å². The van der Waals surface area contributed by atoms with E-state index in [0.29, 0.717) is 34.2 Å². The number of benzene rings is 2. The Morgan fingerprint density at radius 1 is 1.00 bits per heavy atom. The summed E-state index contributed by atoms with van der Waals surface area (Å²) in [6, 6.07) is 16.9. The predicted octanol–water partition coefficient (Wildman–Crippen LogP) is 3.68. The first-order chi connectivity index (χ1) is 13.8. The molecule has 0 aliphatic carbocycles. The smallest absolute Gasteiger partial charge is 0.255 e. The van der Waals surface area contributed by atoms with Gasteiger partial charge in [0, 0.05) is 17.9 Å². The summed E-state index contributed by atoms with van der Waals surface area (Å²) in [6.07, 6.45) is 2.66. The van der Waals surface area contributed by atoms with Crippen LogP contribution in [0.4, 0.5) is 5.69 Å². The third-order valence-corrected chi connectivity index (χ3v) is 4.78. The summed E-state index contributed by atoms with van der Waals surface area (Å²) in [4.78, 5) is 16.6. The molecule has 0 atom stereocenters. The van der Waals surface area contributed by atoms with E-state index in [1.165, 1.54) is 12.5 Å². The van der Waals surface area contributed by atoms with Crippen LogP contribution in [0.1, 0.15) is 15.9 Å². The van der Waals surface area contributed by atoms with Crippen LogP contribution in [-0.2, 0) is 15.6 Å². The zero-order valence-electron chi connectivity index (χ0n) is 16.0. The highest BCUT2D eigenvalue weighted by Gasteiger charge is 2.10. The van der Waals surface area contributed by atoms with Crippen molar-refractivity contribution in [2.24, 2.45) is 0 Å². The summed E-state index contributed by atoms with van der Waals surface area (Å²) in [5, 5.41) is 2.74. The first kappa shape index (κ1) is 20.3. The molecule has 3 rings (SSSR count). The van der Waals surface area contributed by atoms with Crippen LogP contribution in [0.25, 0.3) is 0 Å². The molecule has 2 aromatic carbocycles. The molecule has 0 spiro atoms. The molecule has 0 radical (unpaired) electrons. The van der Waals surface area contributed by atoms with Gasteiger partial charge in [-0.3, -0.25) is 4.79 Å². The molecular weight excluding hydrogens is 392 g/mol. The summed E-state index contributed by atoms with van der Waals surface area (Å²) < 4.78 is 33.6. The van der Waals surface area contributed by atoms with Crippen LogP contribution in [0.3, 0.4) is 0 Å². The maximum atomic E-state index is 12.4. The number of amides is 1. The molecule has 8 heteroatoms. The van der Waals surface area contributed by atoms with E-state index in [0.717, 1.165) is 0 Å². The number of pyridine rings is 1. The lowest BCUT2D eigenvalue weighted by atomic mass is 10.1. The van der Waals surface area contributed by atoms with E-state index in [1.54, 1.807) is 55.6 Å². The number of nitrogens with one attached hydrogen (secondary N) is 1. The number of hydrogen-bond acceptors (Lipinski definition) is 6. The van der Waals surface area contributed by atoms with Gasteiger partial charge in [0.25, 0.3) is 5.91 Å². The Bertz CT molecular complexity index is 1090. The van der Waals surface area contributed by atoms with E-state index in [1.807, 2.05) is 12.1 Å². The van der Waals surface area contributed by atoms with Crippen molar-refractivity contribution in [3.8, 4) is 17.4 Å². The molecule has 7 nitrogen and oxygen atoms in total. The first-order valence-corrected chi connectivity index (χ1v) is 10.7. The van der Waals surface area contributed by atoms with E-state index in [9.17, 15) is 13.2 Å². The minimum Gasteiger partial charge on any atom is -0.493 e. The van der Waals surface area contributed by atoms with E-state index < -0.39 is 9.84 Å². The lowest BCUT2D eigenvalue weighted by Crippen LogP contribution is -2.12. The molecule has 0 saturated carbocycles. The average molecular weight is 412 g/mol. The molecule has 1 amide bonds. The fraction of sp³-hybridized carbons (Fsp3) is 0.143. The van der Waals surface area contributed by atoms with Crippen LogP contribution < -0.4 is 14.8 Å². The van der Waals surface area contributed by atoms with Crippen LogP contribution >= 0.6 is 0 Å². The van der Waals surface area contributed by atoms with Gasteiger partial charge in [-0.05, 0) is 35.9 Å². The minimum absolute atomic E-state index is 0.0630. The quantitative estimate of drug-likeness (QED) is 0.636. The van der Waals surface area contributed by atoms with Gasteiger partial charge in [0.15, 0.2) is 21.3 Å². The van der Waals surface area contributed by atoms with E-state index >= 15 is 0 Å². The third kappa shape index (κ3) is 5.79. The fourth-order valence-electron chi connectivity index (χ4n) is 2.59. The van der Waals surface area contributed by atoms with Crippen molar-refractivity contribution in [1.82, 2.24) is 4.98 Å². The number of carbonyl (C=O) groups excluding carboxylic acids is 1. The van der Waals surface area contributed by atoms with E-state index in [4.69, 9.17) is 9.47 Å². The summed E-state index contributed by atoms with van der Waals surface area (Å²) in [7, 11) is -1.56. The molecule has 1 aromatic heterocycles. The van der Waals surface area contributed by atoms with Gasteiger partial charge in [-0.15, -0.1) is 0 Å². The first-order valence-electron chi connectivity index (χ1n) is 8.69. The molecule has 0 fully saturated rings. The fourth-order valence-corrected chi connectivity index (χ4v) is 3.39. The number of ether oxygens (including phenoxy) is 2. The molecule has 1 heterocycles. The number of carbonyl (C=O) groups is 1. The summed E-state index contributed by atoms with van der Waals surface area (Å²) in [6.45, 7) is 0. The Morgan fingerprint density at radius 3 is 2.28 bits per heavy atom. The molecule has 3 aromatic rings. The summed E-state index contributed by atoms with van der Waals surface area (Å²) >= 11 is 0. The normalized spacial score (nSPS) is 11.0. The molecule has 150 valence electrons. The van der Waals surface area contributed by atoms with E-state index in [2.05, 4.69) is 10.3 Å². The molecular formula is C21H20N2O5S. The van der Waals surface area contributed by atoms with Gasteiger partial charge in [-0.2, -0.15) is 0 Å². The van der Waals surface area contributed by atoms with Gasteiger partial charge < -0.3 is 14.8 Å². The minimum atomic E-state index is -3.12. The number of aromatic nitrogens is 1. The highest BCUT2D eigenvalue weighted by Crippen LogP contribution is 2.30. The van der Waals surface area contributed by atoms with Crippen molar-refractivity contribution in [1.29, 1.82) is 0 Å². The Kier molecular flexibility index (Phi) is 6.13. The van der Waals surface area contributed by atoms with Crippen LogP contribution in [0.15, 0.2) is 66.9 Å². The number of sulfone groups is 1. The number of methoxy groups -OCH3 is 1. The molecule has 0 saturated heterocycles. The standard InChI is InChI=1S/C21H20N2O5S/c1-27-18-5-3-4-6-19(18)28-20-12-11-17(13-22-20)23-21(24)16-9-7-15(8-10-16)14-29(2,25)26/h3-13H,14H2,1-2H3,(H,23,24). The maximum Gasteiger partial charge on any atom is 0.255 e. The third-order valence-electron chi connectivity index (χ3n) is 3.92. The number of rotatable bonds is 7. The second-order valence-electron chi connectivity index (χ2n) is 6.36. The van der Waals surface area contributed by atoms with Crippen molar-refractivity contribution < 1.29 is 22.7 Å². The number of anilines is 1. The monoisotopic (exact) mass is 412 g/mol. The van der Waals surface area contributed by atoms with E-state index in [-0.39, 0.29) is 11.7 Å². The number of para-hydroxylation sites is 2. The average Bonchev–Trinajstić information content (AvgIpc) is 2.69. The molecule has 0 aliphatic rings. The van der Waals surface area contributed by atoms with Gasteiger partial charge in [0.1, 0.15) is 0 Å². The largest absolute Gasteiger partial charge is 0.493 e. The zero-order valence-corrected chi connectivity index (χ0v) is 16.8. The lowest BCUT2D eigenvalue weighted by Gasteiger charge is -2.10. The molecule has 0 bridgehead atoms. The highest BCUT2D eigenvalue weighted by atomic mass is 32.2. The van der Waals surface area contributed by atoms with Gasteiger partial charge in [-0.25, -0.2) is 13.4 Å². The Labute approximate surface area is 169 Å². The number of nitrogens with zero attached hydrogens (tertiary/aromatic N) is 1. The lowest BCUT2D eigenvalue weighted by molar-refractivity contribution is 0.102. The van der Waals surface area contributed by atoms with Crippen LogP contribution in [0.5, 0.6) is 17.4 Å². The molecule has 0 aliphatic heterocycles. The SMILES string of the molecule is COc1ccccc1Oc1ccc(NC(=O)c2ccc(CS(C)(=O)=O)cc2)cn1. The molecule has 1 N–H and O–H groups in total. The van der Waals surface area contributed by atoms with Gasteiger partial charge in [-0.1, -0.05) is 24.3 Å². The van der Waals surface area contributed by atoms with Gasteiger partial charge >= 0.3 is 0 Å². The highest BCUT2D eigenvalue weighted by molar-refractivity contribution is 7.89. The molecule has 29 heavy (non-hydrogen) atoms. The Balaban J connectivity index is 1.64. The van der Waals surface area contributed by atoms with Crippen molar-refractivity contribution in [3.05, 3.63) is 78.0 Å². The second-order valence-corrected chi connectivity index (χ2v) is 8.50. The molecule has 0 unspecified atom stereocenters. The predicted molar refractivity (Wildman–Crippen MR) is 110 cm³/mol. The summed E-state index contributed by atoms with van der Waals surface area (Å²) in [5.41, 5.74) is 1.54. The van der Waals surface area contributed by atoms with Crippen molar-refractivity contribution in [3.63, 3.8) is 0 Å². The zero-order chi connectivity index (χ0) is 20.9. The summed E-state index contributed by atoms with van der Waals surface area (Å²) in [5.74, 6) is 1.10. The van der Waals surface area contributed by atoms with Crippen LogP contribution in [0, 0.1) is 0 Å². The Hall–Kier alpha value is -3.39. The van der Waals surface area contributed by atoms with Gasteiger partial charge in [0.2, 0.25) is 5.88 Å².